The summed E-state index contributed by atoms with van der Waals surface area (Å²) in [5.74, 6) is -0.367. The number of ether oxygens (including phenoxy) is 1. The molecule has 0 bridgehead atoms. The predicted octanol–water partition coefficient (Wildman–Crippen LogP) is 4.01. The lowest BCUT2D eigenvalue weighted by Gasteiger charge is -2.30. The number of amides is 2. The lowest BCUT2D eigenvalue weighted by molar-refractivity contribution is 0.00937. The molecule has 0 radical (unpaired) electrons. The predicted molar refractivity (Wildman–Crippen MR) is 101 cm³/mol. The van der Waals surface area contributed by atoms with Gasteiger partial charge in [-0.25, -0.2) is 0 Å². The van der Waals surface area contributed by atoms with Crippen LogP contribution < -0.4 is 0 Å². The van der Waals surface area contributed by atoms with E-state index in [9.17, 15) is 9.59 Å². The summed E-state index contributed by atoms with van der Waals surface area (Å²) >= 11 is 1.89. The van der Waals surface area contributed by atoms with E-state index in [-0.39, 0.29) is 17.9 Å². The maximum Gasteiger partial charge on any atom is 0.261 e. The Kier molecular flexibility index (Phi) is 5.09. The summed E-state index contributed by atoms with van der Waals surface area (Å²) < 4.78 is 5.89. The highest BCUT2D eigenvalue weighted by Gasteiger charge is 2.35. The highest BCUT2D eigenvalue weighted by atomic mass is 32.2. The first-order valence-corrected chi connectivity index (χ1v) is 9.89. The summed E-state index contributed by atoms with van der Waals surface area (Å²) in [5, 5.41) is 0.512. The smallest absolute Gasteiger partial charge is 0.261 e. The van der Waals surface area contributed by atoms with Crippen LogP contribution in [0.5, 0.6) is 0 Å². The van der Waals surface area contributed by atoms with Crippen molar-refractivity contribution in [2.45, 2.75) is 35.5 Å². The van der Waals surface area contributed by atoms with Crippen LogP contribution in [0.1, 0.15) is 40.0 Å². The van der Waals surface area contributed by atoms with Gasteiger partial charge in [0, 0.05) is 23.3 Å². The molecule has 2 amide bonds. The van der Waals surface area contributed by atoms with Crippen molar-refractivity contribution in [3.63, 3.8) is 0 Å². The summed E-state index contributed by atoms with van der Waals surface area (Å²) in [6.07, 6.45) is 2.76. The fourth-order valence-corrected chi connectivity index (χ4v) is 4.78. The van der Waals surface area contributed by atoms with Crippen molar-refractivity contribution >= 4 is 23.6 Å². The Morgan fingerprint density at radius 3 is 2.31 bits per heavy atom. The molecule has 1 fully saturated rings. The van der Waals surface area contributed by atoms with Crippen molar-refractivity contribution in [1.29, 1.82) is 0 Å². The SMILES string of the molecule is O=C1c2ccccc2C(=O)N1CCC1CC(Sc2ccccc2)CCO1. The van der Waals surface area contributed by atoms with E-state index in [0.717, 1.165) is 19.4 Å². The van der Waals surface area contributed by atoms with Crippen LogP contribution in [0.15, 0.2) is 59.5 Å². The first-order valence-electron chi connectivity index (χ1n) is 9.01. The van der Waals surface area contributed by atoms with Crippen LogP contribution in [0.3, 0.4) is 0 Å². The number of nitrogens with zero attached hydrogens (tertiary/aromatic N) is 1. The van der Waals surface area contributed by atoms with E-state index >= 15 is 0 Å². The third-order valence-corrected chi connectivity index (χ3v) is 6.22. The molecule has 5 heteroatoms. The standard InChI is InChI=1S/C21H21NO3S/c23-20-18-8-4-5-9-19(18)21(24)22(20)12-10-15-14-17(11-13-25-15)26-16-6-2-1-3-7-16/h1-9,15,17H,10-14H2. The molecule has 2 heterocycles. The van der Waals surface area contributed by atoms with E-state index in [1.165, 1.54) is 9.80 Å². The number of hydrogen-bond donors (Lipinski definition) is 0. The zero-order valence-electron chi connectivity index (χ0n) is 14.5. The summed E-state index contributed by atoms with van der Waals surface area (Å²) in [5.41, 5.74) is 1.03. The molecule has 0 aliphatic carbocycles. The minimum atomic E-state index is -0.184. The highest BCUT2D eigenvalue weighted by molar-refractivity contribution is 8.00. The van der Waals surface area contributed by atoms with Crippen LogP contribution in [-0.4, -0.2) is 41.2 Å². The Balaban J connectivity index is 1.34. The average Bonchev–Trinajstić information content (AvgIpc) is 2.92. The van der Waals surface area contributed by atoms with Gasteiger partial charge in [0.05, 0.1) is 17.2 Å². The van der Waals surface area contributed by atoms with Gasteiger partial charge in [-0.3, -0.25) is 14.5 Å². The zero-order chi connectivity index (χ0) is 17.9. The van der Waals surface area contributed by atoms with Crippen LogP contribution in [0.2, 0.25) is 0 Å². The van der Waals surface area contributed by atoms with Crippen molar-refractivity contribution in [2.24, 2.45) is 0 Å². The zero-order valence-corrected chi connectivity index (χ0v) is 15.3. The molecule has 26 heavy (non-hydrogen) atoms. The van der Waals surface area contributed by atoms with Crippen molar-refractivity contribution in [1.82, 2.24) is 4.90 Å². The molecule has 0 N–H and O–H groups in total. The number of rotatable bonds is 5. The third kappa shape index (κ3) is 3.55. The second-order valence-corrected chi connectivity index (χ2v) is 8.04. The van der Waals surface area contributed by atoms with Gasteiger partial charge in [-0.15, -0.1) is 11.8 Å². The molecule has 0 saturated carbocycles. The first-order chi connectivity index (χ1) is 12.7. The lowest BCUT2D eigenvalue weighted by Crippen LogP contribution is -2.35. The van der Waals surface area contributed by atoms with Crippen molar-refractivity contribution < 1.29 is 14.3 Å². The molecule has 2 atom stereocenters. The third-order valence-electron chi connectivity index (χ3n) is 4.92. The average molecular weight is 367 g/mol. The van der Waals surface area contributed by atoms with Gasteiger partial charge in [-0.05, 0) is 43.5 Å². The van der Waals surface area contributed by atoms with Gasteiger partial charge >= 0.3 is 0 Å². The van der Waals surface area contributed by atoms with Gasteiger partial charge in [0.15, 0.2) is 0 Å². The number of thioether (sulfide) groups is 1. The van der Waals surface area contributed by atoms with Gasteiger partial charge in [0.25, 0.3) is 11.8 Å². The number of fused-ring (bicyclic) bond motifs is 1. The van der Waals surface area contributed by atoms with Crippen LogP contribution in [0.4, 0.5) is 0 Å². The Labute approximate surface area is 157 Å². The number of hydrogen-bond acceptors (Lipinski definition) is 4. The van der Waals surface area contributed by atoms with Crippen LogP contribution in [0.25, 0.3) is 0 Å². The minimum absolute atomic E-state index is 0.0919. The molecule has 4 nitrogen and oxygen atoms in total. The van der Waals surface area contributed by atoms with Crippen molar-refractivity contribution in [3.05, 3.63) is 65.7 Å². The topological polar surface area (TPSA) is 46.6 Å². The molecular formula is C21H21NO3S. The van der Waals surface area contributed by atoms with E-state index in [4.69, 9.17) is 4.74 Å². The Morgan fingerprint density at radius 1 is 0.962 bits per heavy atom. The molecule has 0 aromatic heterocycles. The van der Waals surface area contributed by atoms with Crippen molar-refractivity contribution in [2.75, 3.05) is 13.2 Å². The monoisotopic (exact) mass is 367 g/mol. The van der Waals surface area contributed by atoms with E-state index in [1.54, 1.807) is 24.3 Å². The maximum absolute atomic E-state index is 12.4. The summed E-state index contributed by atoms with van der Waals surface area (Å²) in [7, 11) is 0. The normalized spacial score (nSPS) is 22.5. The molecule has 2 aliphatic heterocycles. The van der Waals surface area contributed by atoms with Crippen LogP contribution in [0, 0.1) is 0 Å². The fraction of sp³-hybridized carbons (Fsp3) is 0.333. The molecule has 2 unspecified atom stereocenters. The van der Waals surface area contributed by atoms with E-state index in [2.05, 4.69) is 24.3 Å². The number of benzene rings is 2. The lowest BCUT2D eigenvalue weighted by atomic mass is 10.1. The number of carbonyl (C=O) groups is 2. The first kappa shape index (κ1) is 17.3. The van der Waals surface area contributed by atoms with Gasteiger partial charge in [0.1, 0.15) is 0 Å². The molecular weight excluding hydrogens is 346 g/mol. The van der Waals surface area contributed by atoms with Crippen molar-refractivity contribution in [3.8, 4) is 0 Å². The van der Waals surface area contributed by atoms with Gasteiger partial charge in [-0.2, -0.15) is 0 Å². The Morgan fingerprint density at radius 2 is 1.62 bits per heavy atom. The summed E-state index contributed by atoms with van der Waals surface area (Å²) in [6, 6.07) is 17.4. The maximum atomic E-state index is 12.4. The van der Waals surface area contributed by atoms with E-state index in [0.29, 0.717) is 29.3 Å². The molecule has 1 saturated heterocycles. The van der Waals surface area contributed by atoms with Gasteiger partial charge in [-0.1, -0.05) is 30.3 Å². The molecule has 0 spiro atoms. The van der Waals surface area contributed by atoms with Gasteiger partial charge < -0.3 is 4.74 Å². The van der Waals surface area contributed by atoms with E-state index < -0.39 is 0 Å². The summed E-state index contributed by atoms with van der Waals surface area (Å²) in [4.78, 5) is 27.5. The quantitative estimate of drug-likeness (QED) is 0.749. The highest BCUT2D eigenvalue weighted by Crippen LogP contribution is 2.33. The fourth-order valence-electron chi connectivity index (χ4n) is 3.56. The minimum Gasteiger partial charge on any atom is -0.378 e. The molecule has 2 aliphatic rings. The largest absolute Gasteiger partial charge is 0.378 e. The second-order valence-electron chi connectivity index (χ2n) is 6.67. The molecule has 134 valence electrons. The molecule has 2 aromatic rings. The summed E-state index contributed by atoms with van der Waals surface area (Å²) in [6.45, 7) is 1.15. The Bertz CT molecular complexity index is 773. The molecule has 2 aromatic carbocycles. The second kappa shape index (κ2) is 7.64. The number of carbonyl (C=O) groups excluding carboxylic acids is 2. The van der Waals surface area contributed by atoms with Crippen LogP contribution in [-0.2, 0) is 4.74 Å². The van der Waals surface area contributed by atoms with E-state index in [1.807, 2.05) is 17.8 Å². The number of imide groups is 1. The Hall–Kier alpha value is -2.11. The van der Waals surface area contributed by atoms with Crippen LogP contribution >= 0.6 is 11.8 Å². The molecule has 4 rings (SSSR count). The van der Waals surface area contributed by atoms with Gasteiger partial charge in [0.2, 0.25) is 0 Å².